The SMILES string of the molecule is CCc1ccc([C@@H]2C[C@@H](C(=O)NCc3ccc4c(c3)OCO4)CN(C(=O)c3ccc(F)cc3)C2)cc1. The number of aryl methyl sites for hydroxylation is 1. The molecule has 0 bridgehead atoms. The van der Waals surface area contributed by atoms with Gasteiger partial charge in [0.2, 0.25) is 12.7 Å². The maximum Gasteiger partial charge on any atom is 0.253 e. The van der Waals surface area contributed by atoms with Crippen molar-refractivity contribution in [3.8, 4) is 11.5 Å². The molecule has 2 atom stereocenters. The van der Waals surface area contributed by atoms with Crippen LogP contribution in [-0.2, 0) is 17.8 Å². The molecule has 7 heteroatoms. The lowest BCUT2D eigenvalue weighted by Gasteiger charge is -2.37. The topological polar surface area (TPSA) is 67.9 Å². The molecule has 3 aromatic carbocycles. The summed E-state index contributed by atoms with van der Waals surface area (Å²) < 4.78 is 24.2. The van der Waals surface area contributed by atoms with Crippen molar-refractivity contribution in [3.05, 3.63) is 94.8 Å². The van der Waals surface area contributed by atoms with Gasteiger partial charge in [0, 0.05) is 31.1 Å². The predicted octanol–water partition coefficient (Wildman–Crippen LogP) is 4.68. The Hall–Kier alpha value is -3.87. The molecule has 2 heterocycles. The van der Waals surface area contributed by atoms with Crippen molar-refractivity contribution < 1.29 is 23.5 Å². The van der Waals surface area contributed by atoms with Gasteiger partial charge in [-0.25, -0.2) is 4.39 Å². The molecule has 0 saturated carbocycles. The van der Waals surface area contributed by atoms with Gasteiger partial charge in [0.1, 0.15) is 5.82 Å². The number of fused-ring (bicyclic) bond motifs is 1. The van der Waals surface area contributed by atoms with Crippen LogP contribution in [0, 0.1) is 11.7 Å². The zero-order valence-electron chi connectivity index (χ0n) is 20.2. The van der Waals surface area contributed by atoms with Gasteiger partial charge in [0.25, 0.3) is 5.91 Å². The van der Waals surface area contributed by atoms with E-state index in [0.29, 0.717) is 43.1 Å². The summed E-state index contributed by atoms with van der Waals surface area (Å²) in [5.74, 6) is 0.344. The first-order chi connectivity index (χ1) is 17.5. The molecule has 0 aliphatic carbocycles. The van der Waals surface area contributed by atoms with Gasteiger partial charge in [-0.2, -0.15) is 0 Å². The molecule has 3 aromatic rings. The van der Waals surface area contributed by atoms with E-state index >= 15 is 0 Å². The molecule has 1 saturated heterocycles. The van der Waals surface area contributed by atoms with Crippen molar-refractivity contribution in [2.75, 3.05) is 19.9 Å². The van der Waals surface area contributed by atoms with Gasteiger partial charge in [-0.3, -0.25) is 9.59 Å². The Kier molecular flexibility index (Phi) is 6.89. The number of rotatable bonds is 6. The van der Waals surface area contributed by atoms with Crippen LogP contribution in [0.25, 0.3) is 0 Å². The summed E-state index contributed by atoms with van der Waals surface area (Å²) in [5, 5.41) is 3.03. The third kappa shape index (κ3) is 5.20. The molecule has 186 valence electrons. The monoisotopic (exact) mass is 488 g/mol. The second-order valence-electron chi connectivity index (χ2n) is 9.35. The highest BCUT2D eigenvalue weighted by Crippen LogP contribution is 2.33. The average molecular weight is 489 g/mol. The number of nitrogens with one attached hydrogen (secondary N) is 1. The molecule has 5 rings (SSSR count). The summed E-state index contributed by atoms with van der Waals surface area (Å²) >= 11 is 0. The van der Waals surface area contributed by atoms with Gasteiger partial charge in [0.15, 0.2) is 11.5 Å². The molecule has 6 nitrogen and oxygen atoms in total. The fourth-order valence-electron chi connectivity index (χ4n) is 4.88. The molecule has 2 amide bonds. The third-order valence-electron chi connectivity index (χ3n) is 6.96. The minimum absolute atomic E-state index is 0.0235. The van der Waals surface area contributed by atoms with E-state index in [-0.39, 0.29) is 36.3 Å². The van der Waals surface area contributed by atoms with E-state index in [9.17, 15) is 14.0 Å². The fraction of sp³-hybridized carbons (Fsp3) is 0.310. The number of halogens is 1. The highest BCUT2D eigenvalue weighted by molar-refractivity contribution is 5.94. The predicted molar refractivity (Wildman–Crippen MR) is 133 cm³/mol. The van der Waals surface area contributed by atoms with Crippen LogP contribution in [0.4, 0.5) is 4.39 Å². The molecular weight excluding hydrogens is 459 g/mol. The maximum absolute atomic E-state index is 13.4. The molecule has 2 aliphatic rings. The number of nitrogens with zero attached hydrogens (tertiary/aromatic N) is 1. The molecular formula is C29H29FN2O4. The summed E-state index contributed by atoms with van der Waals surface area (Å²) in [5.41, 5.74) is 3.68. The Bertz CT molecular complexity index is 1240. The molecule has 2 aliphatic heterocycles. The number of hydrogen-bond donors (Lipinski definition) is 1. The van der Waals surface area contributed by atoms with E-state index in [4.69, 9.17) is 9.47 Å². The lowest BCUT2D eigenvalue weighted by atomic mass is 9.83. The highest BCUT2D eigenvalue weighted by atomic mass is 19.1. The van der Waals surface area contributed by atoms with E-state index in [1.54, 1.807) is 4.90 Å². The standard InChI is InChI=1S/C29H29FN2O4/c1-2-19-3-6-21(7-4-19)23-14-24(17-32(16-23)29(34)22-8-10-25(30)11-9-22)28(33)31-15-20-5-12-26-27(13-20)36-18-35-26/h3-13,23-24H,2,14-18H2,1H3,(H,31,33)/t23-,24-/m1/s1. The van der Waals surface area contributed by atoms with E-state index in [0.717, 1.165) is 17.5 Å². The Balaban J connectivity index is 1.33. The lowest BCUT2D eigenvalue weighted by Crippen LogP contribution is -2.48. The maximum atomic E-state index is 13.4. The van der Waals surface area contributed by atoms with Crippen molar-refractivity contribution in [1.29, 1.82) is 0 Å². The number of ether oxygens (including phenoxy) is 2. The number of carbonyl (C=O) groups excluding carboxylic acids is 2. The van der Waals surface area contributed by atoms with Gasteiger partial charge in [-0.1, -0.05) is 37.3 Å². The van der Waals surface area contributed by atoms with Crippen LogP contribution in [0.2, 0.25) is 0 Å². The number of amides is 2. The second kappa shape index (κ2) is 10.4. The number of piperidine rings is 1. The molecule has 36 heavy (non-hydrogen) atoms. The molecule has 1 fully saturated rings. The van der Waals surface area contributed by atoms with Crippen LogP contribution < -0.4 is 14.8 Å². The third-order valence-corrected chi connectivity index (χ3v) is 6.96. The number of carbonyl (C=O) groups is 2. The fourth-order valence-corrected chi connectivity index (χ4v) is 4.88. The first-order valence-electron chi connectivity index (χ1n) is 12.3. The Labute approximate surface area is 210 Å². The van der Waals surface area contributed by atoms with Crippen LogP contribution >= 0.6 is 0 Å². The summed E-state index contributed by atoms with van der Waals surface area (Å²) in [7, 11) is 0. The van der Waals surface area contributed by atoms with Crippen LogP contribution in [-0.4, -0.2) is 36.6 Å². The van der Waals surface area contributed by atoms with E-state index < -0.39 is 0 Å². The smallest absolute Gasteiger partial charge is 0.253 e. The van der Waals surface area contributed by atoms with Crippen molar-refractivity contribution in [1.82, 2.24) is 10.2 Å². The van der Waals surface area contributed by atoms with Gasteiger partial charge in [-0.15, -0.1) is 0 Å². The minimum Gasteiger partial charge on any atom is -0.454 e. The van der Waals surface area contributed by atoms with Crippen LogP contribution in [0.3, 0.4) is 0 Å². The van der Waals surface area contributed by atoms with Crippen LogP contribution in [0.15, 0.2) is 66.7 Å². The first kappa shape index (κ1) is 23.9. The lowest BCUT2D eigenvalue weighted by molar-refractivity contribution is -0.126. The molecule has 0 aromatic heterocycles. The highest BCUT2D eigenvalue weighted by Gasteiger charge is 2.35. The van der Waals surface area contributed by atoms with Crippen molar-refractivity contribution in [2.45, 2.75) is 32.2 Å². The summed E-state index contributed by atoms with van der Waals surface area (Å²) in [4.78, 5) is 28.3. The van der Waals surface area contributed by atoms with Crippen LogP contribution in [0.5, 0.6) is 11.5 Å². The molecule has 0 spiro atoms. The zero-order valence-corrected chi connectivity index (χ0v) is 20.2. The normalized spacial score (nSPS) is 18.7. The summed E-state index contributed by atoms with van der Waals surface area (Å²) in [6.45, 7) is 3.49. The van der Waals surface area contributed by atoms with Gasteiger partial charge < -0.3 is 19.7 Å². The van der Waals surface area contributed by atoms with Gasteiger partial charge in [-0.05, 0) is 65.9 Å². The zero-order chi connectivity index (χ0) is 25.1. The summed E-state index contributed by atoms with van der Waals surface area (Å²) in [6, 6.07) is 19.6. The van der Waals surface area contributed by atoms with Crippen molar-refractivity contribution in [3.63, 3.8) is 0 Å². The number of likely N-dealkylation sites (tertiary alicyclic amines) is 1. The van der Waals surface area contributed by atoms with E-state index in [1.807, 2.05) is 18.2 Å². The Morgan fingerprint density at radius 1 is 0.944 bits per heavy atom. The van der Waals surface area contributed by atoms with E-state index in [1.165, 1.54) is 29.8 Å². The Morgan fingerprint density at radius 3 is 2.42 bits per heavy atom. The van der Waals surface area contributed by atoms with Gasteiger partial charge >= 0.3 is 0 Å². The van der Waals surface area contributed by atoms with Crippen molar-refractivity contribution >= 4 is 11.8 Å². The number of benzene rings is 3. The number of hydrogen-bond acceptors (Lipinski definition) is 4. The first-order valence-corrected chi connectivity index (χ1v) is 12.3. The second-order valence-corrected chi connectivity index (χ2v) is 9.35. The molecule has 0 unspecified atom stereocenters. The van der Waals surface area contributed by atoms with E-state index in [2.05, 4.69) is 36.5 Å². The largest absolute Gasteiger partial charge is 0.454 e. The van der Waals surface area contributed by atoms with Gasteiger partial charge in [0.05, 0.1) is 5.92 Å². The van der Waals surface area contributed by atoms with Crippen LogP contribution in [0.1, 0.15) is 46.3 Å². The average Bonchev–Trinajstić information content (AvgIpc) is 3.39. The summed E-state index contributed by atoms with van der Waals surface area (Å²) in [6.07, 6.45) is 1.59. The molecule has 0 radical (unpaired) electrons. The Morgan fingerprint density at radius 2 is 1.67 bits per heavy atom. The molecule has 1 N–H and O–H groups in total. The quantitative estimate of drug-likeness (QED) is 0.547. The minimum atomic E-state index is -0.389. The van der Waals surface area contributed by atoms with Crippen molar-refractivity contribution in [2.24, 2.45) is 5.92 Å².